The minimum absolute atomic E-state index is 0.225. The Balaban J connectivity index is 1.82. The molecule has 3 N–H and O–H groups in total. The summed E-state index contributed by atoms with van der Waals surface area (Å²) in [6.07, 6.45) is 4.51. The Bertz CT molecular complexity index is 852. The van der Waals surface area contributed by atoms with Gasteiger partial charge in [0.15, 0.2) is 0 Å². The fourth-order valence-corrected chi connectivity index (χ4v) is 2.54. The lowest BCUT2D eigenvalue weighted by molar-refractivity contribution is 0.405. The molecule has 0 aliphatic rings. The van der Waals surface area contributed by atoms with Gasteiger partial charge in [-0.2, -0.15) is 4.98 Å². The summed E-state index contributed by atoms with van der Waals surface area (Å²) in [5.41, 5.74) is 2.54. The average molecular weight is 364 g/mol. The second-order valence-electron chi connectivity index (χ2n) is 6.46. The number of nitrogens with one attached hydrogen (secondary N) is 2. The van der Waals surface area contributed by atoms with Gasteiger partial charge in [-0.3, -0.25) is 4.98 Å². The van der Waals surface area contributed by atoms with E-state index in [4.69, 9.17) is 0 Å². The molecule has 0 amide bonds. The summed E-state index contributed by atoms with van der Waals surface area (Å²) in [4.78, 5) is 15.5. The molecule has 7 heteroatoms. The van der Waals surface area contributed by atoms with Crippen molar-refractivity contribution in [2.45, 2.75) is 6.42 Å². The molecule has 0 spiro atoms. The van der Waals surface area contributed by atoms with Crippen LogP contribution in [0, 0.1) is 0 Å². The van der Waals surface area contributed by atoms with Crippen LogP contribution >= 0.6 is 0 Å². The van der Waals surface area contributed by atoms with Crippen molar-refractivity contribution in [2.24, 2.45) is 0 Å². The van der Waals surface area contributed by atoms with Crippen molar-refractivity contribution < 1.29 is 5.11 Å². The third-order valence-electron chi connectivity index (χ3n) is 3.89. The Morgan fingerprint density at radius 2 is 1.89 bits per heavy atom. The number of hydrogen-bond donors (Lipinski definition) is 3. The molecule has 3 rings (SSSR count). The Morgan fingerprint density at radius 1 is 1.07 bits per heavy atom. The summed E-state index contributed by atoms with van der Waals surface area (Å²) in [6.45, 7) is 1.78. The van der Waals surface area contributed by atoms with E-state index in [2.05, 4.69) is 44.6 Å². The lowest BCUT2D eigenvalue weighted by Gasteiger charge is -2.13. The summed E-state index contributed by atoms with van der Waals surface area (Å²) >= 11 is 0. The van der Waals surface area contributed by atoms with Crippen LogP contribution in [0.3, 0.4) is 0 Å². The number of aromatic hydroxyl groups is 1. The van der Waals surface area contributed by atoms with Crippen LogP contribution < -0.4 is 10.6 Å². The summed E-state index contributed by atoms with van der Waals surface area (Å²) in [7, 11) is 4.11. The summed E-state index contributed by atoms with van der Waals surface area (Å²) < 4.78 is 0. The zero-order valence-corrected chi connectivity index (χ0v) is 15.6. The molecule has 0 aliphatic heterocycles. The van der Waals surface area contributed by atoms with Crippen LogP contribution in [0.15, 0.2) is 54.9 Å². The van der Waals surface area contributed by atoms with E-state index in [1.807, 2.05) is 18.2 Å². The van der Waals surface area contributed by atoms with E-state index in [1.54, 1.807) is 36.7 Å². The number of hydrogen-bond acceptors (Lipinski definition) is 7. The fraction of sp³-hybridized carbons (Fsp3) is 0.250. The smallest absolute Gasteiger partial charge is 0.225 e. The highest BCUT2D eigenvalue weighted by Gasteiger charge is 2.08. The Kier molecular flexibility index (Phi) is 6.17. The van der Waals surface area contributed by atoms with Crippen LogP contribution in [0.5, 0.6) is 5.75 Å². The Hall–Kier alpha value is -3.19. The van der Waals surface area contributed by atoms with Crippen molar-refractivity contribution in [2.75, 3.05) is 37.8 Å². The molecule has 0 fully saturated rings. The molecule has 1 aromatic carbocycles. The summed E-state index contributed by atoms with van der Waals surface area (Å²) in [5, 5.41) is 16.0. The van der Waals surface area contributed by atoms with Crippen LogP contribution in [-0.2, 0) is 0 Å². The van der Waals surface area contributed by atoms with Crippen molar-refractivity contribution in [1.82, 2.24) is 19.9 Å². The number of aromatic nitrogens is 3. The number of nitrogens with zero attached hydrogens (tertiary/aromatic N) is 4. The van der Waals surface area contributed by atoms with E-state index >= 15 is 0 Å². The van der Waals surface area contributed by atoms with Crippen molar-refractivity contribution in [3.8, 4) is 17.0 Å². The van der Waals surface area contributed by atoms with Gasteiger partial charge >= 0.3 is 0 Å². The molecule has 0 bridgehead atoms. The van der Waals surface area contributed by atoms with Crippen molar-refractivity contribution >= 4 is 17.5 Å². The van der Waals surface area contributed by atoms with Crippen LogP contribution in [-0.4, -0.2) is 52.1 Å². The highest BCUT2D eigenvalue weighted by Crippen LogP contribution is 2.24. The SMILES string of the molecule is CN(C)CCCNc1nc(Nc2ccc(O)cc2)cc(-c2cccnc2)n1. The number of phenols is 1. The summed E-state index contributed by atoms with van der Waals surface area (Å²) in [5.74, 6) is 1.46. The van der Waals surface area contributed by atoms with E-state index in [0.717, 1.165) is 36.5 Å². The quantitative estimate of drug-likeness (QED) is 0.417. The second kappa shape index (κ2) is 8.95. The normalized spacial score (nSPS) is 10.8. The molecule has 0 aliphatic carbocycles. The topological polar surface area (TPSA) is 86.2 Å². The number of pyridine rings is 1. The number of benzene rings is 1. The van der Waals surface area contributed by atoms with Crippen LogP contribution in [0.1, 0.15) is 6.42 Å². The highest BCUT2D eigenvalue weighted by atomic mass is 16.3. The maximum Gasteiger partial charge on any atom is 0.225 e. The van der Waals surface area contributed by atoms with Gasteiger partial charge in [-0.1, -0.05) is 0 Å². The van der Waals surface area contributed by atoms with Gasteiger partial charge in [0.1, 0.15) is 11.6 Å². The lowest BCUT2D eigenvalue weighted by Crippen LogP contribution is -2.17. The van der Waals surface area contributed by atoms with Gasteiger partial charge < -0.3 is 20.6 Å². The first-order chi connectivity index (χ1) is 13.1. The van der Waals surface area contributed by atoms with Gasteiger partial charge in [0.25, 0.3) is 0 Å². The van der Waals surface area contributed by atoms with Crippen molar-refractivity contribution in [3.63, 3.8) is 0 Å². The molecule has 27 heavy (non-hydrogen) atoms. The standard InChI is InChI=1S/C20H24N6O/c1-26(2)12-4-11-22-20-24-18(15-5-3-10-21-14-15)13-19(25-20)23-16-6-8-17(27)9-7-16/h3,5-10,13-14,27H,4,11-12H2,1-2H3,(H2,22,23,24,25). The first kappa shape index (κ1) is 18.6. The van der Waals surface area contributed by atoms with Gasteiger partial charge in [0.2, 0.25) is 5.95 Å². The van der Waals surface area contributed by atoms with Crippen LogP contribution in [0.4, 0.5) is 17.5 Å². The average Bonchev–Trinajstić information content (AvgIpc) is 2.67. The minimum Gasteiger partial charge on any atom is -0.508 e. The minimum atomic E-state index is 0.225. The maximum absolute atomic E-state index is 9.45. The maximum atomic E-state index is 9.45. The van der Waals surface area contributed by atoms with E-state index in [9.17, 15) is 5.11 Å². The monoisotopic (exact) mass is 364 g/mol. The van der Waals surface area contributed by atoms with Crippen molar-refractivity contribution in [3.05, 3.63) is 54.9 Å². The Labute approximate surface area is 159 Å². The van der Waals surface area contributed by atoms with Gasteiger partial charge in [-0.05, 0) is 63.5 Å². The first-order valence-electron chi connectivity index (χ1n) is 8.84. The second-order valence-corrected chi connectivity index (χ2v) is 6.46. The lowest BCUT2D eigenvalue weighted by atomic mass is 10.2. The third-order valence-corrected chi connectivity index (χ3v) is 3.89. The molecule has 0 saturated heterocycles. The predicted octanol–water partition coefficient (Wildman–Crippen LogP) is 3.35. The van der Waals surface area contributed by atoms with E-state index in [0.29, 0.717) is 11.8 Å². The first-order valence-corrected chi connectivity index (χ1v) is 8.84. The largest absolute Gasteiger partial charge is 0.508 e. The molecular weight excluding hydrogens is 340 g/mol. The fourth-order valence-electron chi connectivity index (χ4n) is 2.54. The molecule has 0 atom stereocenters. The highest BCUT2D eigenvalue weighted by molar-refractivity contribution is 5.67. The number of anilines is 3. The molecule has 0 unspecified atom stereocenters. The van der Waals surface area contributed by atoms with Gasteiger partial charge in [0, 0.05) is 36.3 Å². The van der Waals surface area contributed by atoms with Gasteiger partial charge in [-0.15, -0.1) is 0 Å². The number of rotatable bonds is 8. The van der Waals surface area contributed by atoms with E-state index < -0.39 is 0 Å². The molecule has 140 valence electrons. The molecular formula is C20H24N6O. The molecule has 7 nitrogen and oxygen atoms in total. The Morgan fingerprint density at radius 3 is 2.59 bits per heavy atom. The van der Waals surface area contributed by atoms with Crippen molar-refractivity contribution in [1.29, 1.82) is 0 Å². The van der Waals surface area contributed by atoms with E-state index in [1.165, 1.54) is 0 Å². The van der Waals surface area contributed by atoms with Crippen LogP contribution in [0.25, 0.3) is 11.3 Å². The van der Waals surface area contributed by atoms with Crippen LogP contribution in [0.2, 0.25) is 0 Å². The zero-order valence-electron chi connectivity index (χ0n) is 15.6. The summed E-state index contributed by atoms with van der Waals surface area (Å²) in [6, 6.07) is 12.6. The van der Waals surface area contributed by atoms with Gasteiger partial charge in [0.05, 0.1) is 5.69 Å². The zero-order chi connectivity index (χ0) is 19.1. The molecule has 0 saturated carbocycles. The molecule has 3 aromatic rings. The predicted molar refractivity (Wildman–Crippen MR) is 108 cm³/mol. The molecule has 0 radical (unpaired) electrons. The third kappa shape index (κ3) is 5.65. The number of phenolic OH excluding ortho intramolecular Hbond substituents is 1. The molecule has 2 aromatic heterocycles. The van der Waals surface area contributed by atoms with Gasteiger partial charge in [-0.25, -0.2) is 4.98 Å². The van der Waals surface area contributed by atoms with E-state index in [-0.39, 0.29) is 5.75 Å². The molecule has 2 heterocycles.